The Kier molecular flexibility index (Phi) is 4.84. The van der Waals surface area contributed by atoms with Crippen molar-refractivity contribution in [1.29, 1.82) is 0 Å². The van der Waals surface area contributed by atoms with Gasteiger partial charge in [0.15, 0.2) is 0 Å². The molecular weight excluding hydrogens is 366 g/mol. The smallest absolute Gasteiger partial charge is 0.346 e. The fraction of sp³-hybridized carbons (Fsp3) is 0.263. The van der Waals surface area contributed by atoms with Gasteiger partial charge in [-0.05, 0) is 44.4 Å². The molecule has 3 aromatic rings. The van der Waals surface area contributed by atoms with E-state index >= 15 is 0 Å². The van der Waals surface area contributed by atoms with E-state index in [0.717, 1.165) is 33.7 Å². The predicted octanol–water partition coefficient (Wildman–Crippen LogP) is 3.03. The molecule has 0 aliphatic carbocycles. The van der Waals surface area contributed by atoms with Gasteiger partial charge in [0.05, 0.1) is 11.7 Å². The summed E-state index contributed by atoms with van der Waals surface area (Å²) in [5.41, 5.74) is 3.68. The summed E-state index contributed by atoms with van der Waals surface area (Å²) in [5, 5.41) is 12.3. The molecule has 1 amide bonds. The van der Waals surface area contributed by atoms with Crippen LogP contribution >= 0.6 is 11.3 Å². The van der Waals surface area contributed by atoms with E-state index < -0.39 is 11.5 Å². The summed E-state index contributed by atoms with van der Waals surface area (Å²) < 4.78 is 1.20. The first-order valence-corrected chi connectivity index (χ1v) is 9.10. The molecular formula is C19H19N3O4S. The van der Waals surface area contributed by atoms with Crippen LogP contribution in [0.15, 0.2) is 23.3 Å². The summed E-state index contributed by atoms with van der Waals surface area (Å²) in [4.78, 5) is 41.0. The molecule has 2 aromatic heterocycles. The Morgan fingerprint density at radius 1 is 1.19 bits per heavy atom. The van der Waals surface area contributed by atoms with Crippen LogP contribution in [-0.4, -0.2) is 26.5 Å². The second-order valence-corrected chi connectivity index (χ2v) is 7.54. The number of hydrogen-bond donors (Lipinski definition) is 2. The summed E-state index contributed by atoms with van der Waals surface area (Å²) in [6.07, 6.45) is 1.28. The van der Waals surface area contributed by atoms with Crippen LogP contribution in [0.2, 0.25) is 0 Å². The molecule has 0 spiro atoms. The number of amides is 1. The van der Waals surface area contributed by atoms with E-state index in [1.807, 2.05) is 32.9 Å². The van der Waals surface area contributed by atoms with Crippen LogP contribution in [0.4, 0.5) is 5.69 Å². The zero-order chi connectivity index (χ0) is 19.9. The minimum atomic E-state index is -1.09. The number of aromatic carboxylic acids is 1. The molecule has 2 N–H and O–H groups in total. The summed E-state index contributed by atoms with van der Waals surface area (Å²) in [6, 6.07) is 3.95. The van der Waals surface area contributed by atoms with Gasteiger partial charge in [-0.1, -0.05) is 17.7 Å². The van der Waals surface area contributed by atoms with Gasteiger partial charge >= 0.3 is 5.97 Å². The molecule has 0 radical (unpaired) electrons. The molecule has 0 aliphatic heterocycles. The average Bonchev–Trinajstić information content (AvgIpc) is 2.91. The maximum Gasteiger partial charge on any atom is 0.346 e. The number of anilines is 1. The van der Waals surface area contributed by atoms with Gasteiger partial charge in [0.1, 0.15) is 16.3 Å². The monoisotopic (exact) mass is 385 g/mol. The number of thiophene rings is 1. The van der Waals surface area contributed by atoms with Gasteiger partial charge < -0.3 is 10.4 Å². The molecule has 8 heteroatoms. The average molecular weight is 385 g/mol. The molecule has 2 heterocycles. The fourth-order valence-corrected chi connectivity index (χ4v) is 4.16. The van der Waals surface area contributed by atoms with Crippen molar-refractivity contribution >= 4 is 39.1 Å². The number of nitrogens with zero attached hydrogens (tertiary/aromatic N) is 2. The van der Waals surface area contributed by atoms with Crippen LogP contribution in [0.1, 0.15) is 31.9 Å². The molecule has 0 saturated heterocycles. The number of carbonyl (C=O) groups is 2. The maximum atomic E-state index is 12.7. The minimum absolute atomic E-state index is 0.0858. The lowest BCUT2D eigenvalue weighted by Crippen LogP contribution is -2.28. The van der Waals surface area contributed by atoms with E-state index in [1.54, 1.807) is 6.92 Å². The van der Waals surface area contributed by atoms with Crippen molar-refractivity contribution < 1.29 is 14.7 Å². The van der Waals surface area contributed by atoms with Gasteiger partial charge in [-0.3, -0.25) is 14.2 Å². The molecule has 3 rings (SSSR count). The lowest BCUT2D eigenvalue weighted by molar-refractivity contribution is -0.116. The summed E-state index contributed by atoms with van der Waals surface area (Å²) in [5.74, 6) is -1.44. The Hall–Kier alpha value is -3.00. The zero-order valence-corrected chi connectivity index (χ0v) is 16.2. The predicted molar refractivity (Wildman–Crippen MR) is 105 cm³/mol. The van der Waals surface area contributed by atoms with E-state index in [2.05, 4.69) is 10.3 Å². The van der Waals surface area contributed by atoms with Crippen molar-refractivity contribution in [2.45, 2.75) is 34.2 Å². The molecule has 0 saturated carbocycles. The minimum Gasteiger partial charge on any atom is -0.477 e. The molecule has 0 atom stereocenters. The van der Waals surface area contributed by atoms with Gasteiger partial charge in [0, 0.05) is 5.69 Å². The number of nitrogens with one attached hydrogen (secondary N) is 1. The number of rotatable bonds is 4. The van der Waals surface area contributed by atoms with Crippen molar-refractivity contribution in [3.05, 3.63) is 55.9 Å². The third kappa shape index (κ3) is 3.48. The van der Waals surface area contributed by atoms with Crippen LogP contribution in [0, 0.1) is 27.7 Å². The first-order valence-electron chi connectivity index (χ1n) is 8.28. The largest absolute Gasteiger partial charge is 0.477 e. The van der Waals surface area contributed by atoms with E-state index in [4.69, 9.17) is 0 Å². The number of fused-ring (bicyclic) bond motifs is 1. The first kappa shape index (κ1) is 18.8. The lowest BCUT2D eigenvalue weighted by atomic mass is 10.1. The Bertz CT molecular complexity index is 1120. The summed E-state index contributed by atoms with van der Waals surface area (Å²) >= 11 is 0.957. The number of aromatic nitrogens is 2. The molecule has 0 unspecified atom stereocenters. The number of carboxylic acids is 1. The van der Waals surface area contributed by atoms with Gasteiger partial charge in [-0.25, -0.2) is 9.78 Å². The Balaban J connectivity index is 1.92. The Labute approximate surface area is 159 Å². The van der Waals surface area contributed by atoms with Crippen LogP contribution < -0.4 is 10.9 Å². The second-order valence-electron chi connectivity index (χ2n) is 6.54. The zero-order valence-electron chi connectivity index (χ0n) is 15.4. The number of aryl methyl sites for hydroxylation is 4. The van der Waals surface area contributed by atoms with Gasteiger partial charge in [-0.2, -0.15) is 0 Å². The van der Waals surface area contributed by atoms with Crippen LogP contribution in [0.25, 0.3) is 10.2 Å². The van der Waals surface area contributed by atoms with Crippen LogP contribution in [-0.2, 0) is 11.3 Å². The molecule has 0 bridgehead atoms. The molecule has 0 fully saturated rings. The van der Waals surface area contributed by atoms with Crippen LogP contribution in [0.5, 0.6) is 0 Å². The third-order valence-corrected chi connectivity index (χ3v) is 5.55. The molecule has 27 heavy (non-hydrogen) atoms. The van der Waals surface area contributed by atoms with Crippen molar-refractivity contribution in [3.8, 4) is 0 Å². The highest BCUT2D eigenvalue weighted by molar-refractivity contribution is 7.20. The number of benzene rings is 1. The normalized spacial score (nSPS) is 11.0. The number of carbonyl (C=O) groups excluding carboxylic acids is 1. The first-order chi connectivity index (χ1) is 12.7. The van der Waals surface area contributed by atoms with E-state index in [1.165, 1.54) is 10.9 Å². The van der Waals surface area contributed by atoms with Crippen molar-refractivity contribution in [2.24, 2.45) is 0 Å². The number of carboxylic acid groups (broad SMARTS) is 1. The lowest BCUT2D eigenvalue weighted by Gasteiger charge is -2.13. The topological polar surface area (TPSA) is 101 Å². The van der Waals surface area contributed by atoms with Gasteiger partial charge in [-0.15, -0.1) is 11.3 Å². The van der Waals surface area contributed by atoms with Gasteiger partial charge in [0.25, 0.3) is 5.56 Å². The number of hydrogen-bond acceptors (Lipinski definition) is 5. The van der Waals surface area contributed by atoms with Crippen molar-refractivity contribution in [3.63, 3.8) is 0 Å². The quantitative estimate of drug-likeness (QED) is 0.719. The SMILES string of the molecule is Cc1cc(C)c(NC(=O)Cn2cnc3sc(C(=O)O)c(C)c3c2=O)c(C)c1. The van der Waals surface area contributed by atoms with Crippen molar-refractivity contribution in [1.82, 2.24) is 9.55 Å². The van der Waals surface area contributed by atoms with Crippen molar-refractivity contribution in [2.75, 3.05) is 5.32 Å². The fourth-order valence-electron chi connectivity index (χ4n) is 3.19. The summed E-state index contributed by atoms with van der Waals surface area (Å²) in [6.45, 7) is 7.19. The van der Waals surface area contributed by atoms with E-state index in [0.29, 0.717) is 10.4 Å². The Morgan fingerprint density at radius 2 is 1.81 bits per heavy atom. The molecule has 140 valence electrons. The highest BCUT2D eigenvalue weighted by Crippen LogP contribution is 2.26. The third-order valence-electron chi connectivity index (χ3n) is 4.37. The standard InChI is InChI=1S/C19H19N3O4S/c1-9-5-10(2)15(11(3)6-9)21-13(23)7-22-8-20-17-14(18(22)24)12(4)16(27-17)19(25)26/h5-6,8H,7H2,1-4H3,(H,21,23)(H,25,26). The Morgan fingerprint density at radius 3 is 2.41 bits per heavy atom. The molecule has 7 nitrogen and oxygen atoms in total. The van der Waals surface area contributed by atoms with E-state index in [-0.39, 0.29) is 22.7 Å². The van der Waals surface area contributed by atoms with Crippen LogP contribution in [0.3, 0.4) is 0 Å². The maximum absolute atomic E-state index is 12.7. The molecule has 0 aliphatic rings. The highest BCUT2D eigenvalue weighted by atomic mass is 32.1. The van der Waals surface area contributed by atoms with E-state index in [9.17, 15) is 19.5 Å². The summed E-state index contributed by atoms with van der Waals surface area (Å²) in [7, 11) is 0. The highest BCUT2D eigenvalue weighted by Gasteiger charge is 2.19. The molecule has 1 aromatic carbocycles. The van der Waals surface area contributed by atoms with Gasteiger partial charge in [0.2, 0.25) is 5.91 Å². The second kappa shape index (κ2) is 6.96.